The molecule has 13 N–H and O–H groups in total. The van der Waals surface area contributed by atoms with Crippen LogP contribution >= 0.6 is 15.6 Å². The number of carbonyl (C=O) groups excluding carboxylic acids is 3. The van der Waals surface area contributed by atoms with Gasteiger partial charge in [-0.1, -0.05) is 45.9 Å². The van der Waals surface area contributed by atoms with Crippen molar-refractivity contribution < 1.29 is 121 Å². The number of hydrogen-bond donors (Lipinski definition) is 12. The number of Topliss-reactive ketones (excluding diaryl/α,β-unsaturated/α-hetero) is 1. The molecule has 34 nitrogen and oxygen atoms in total. The van der Waals surface area contributed by atoms with Gasteiger partial charge in [0.1, 0.15) is 71.8 Å². The van der Waals surface area contributed by atoms with E-state index < -0.39 is 172 Å². The minimum atomic E-state index is -5.66. The monoisotopic (exact) mass is 1360 g/mol. The Kier molecular flexibility index (Phi) is 21.7. The van der Waals surface area contributed by atoms with Crippen LogP contribution in [-0.2, 0) is 60.5 Å². The molecule has 3 fully saturated rings. The zero-order chi connectivity index (χ0) is 68.8. The first-order valence-electron chi connectivity index (χ1n) is 29.8. The second-order valence-electron chi connectivity index (χ2n) is 24.0. The number of esters is 1. The van der Waals surface area contributed by atoms with E-state index >= 15 is 0 Å². The number of allylic oxidation sites excluding steroid dienone is 2. The number of likely N-dealkylation sites (N-methyl/N-ethyl adjacent to an activating group) is 1. The third kappa shape index (κ3) is 14.6. The lowest BCUT2D eigenvalue weighted by molar-refractivity contribution is -0.231. The first-order chi connectivity index (χ1) is 44.2. The number of nitrogens with two attached hydrogens (primary N) is 1. The van der Waals surface area contributed by atoms with Gasteiger partial charge in [-0.15, -0.1) is 0 Å². The molecule has 1 amide bonds. The second kappa shape index (κ2) is 28.5. The number of anilines is 2. The van der Waals surface area contributed by atoms with Gasteiger partial charge in [0.25, 0.3) is 11.7 Å². The first-order valence-corrected chi connectivity index (χ1v) is 32.8. The molecule has 2 aromatic carbocycles. The Morgan fingerprint density at radius 3 is 2.14 bits per heavy atom. The lowest BCUT2D eigenvalue weighted by Gasteiger charge is -2.41. The molecule has 0 radical (unpaired) electrons. The molecule has 0 spiro atoms. The summed E-state index contributed by atoms with van der Waals surface area (Å²) in [6.07, 6.45) is -8.49. The summed E-state index contributed by atoms with van der Waals surface area (Å²) >= 11 is 0. The van der Waals surface area contributed by atoms with E-state index in [0.29, 0.717) is 26.2 Å². The highest BCUT2D eigenvalue weighted by atomic mass is 31.3. The van der Waals surface area contributed by atoms with Gasteiger partial charge in [0.15, 0.2) is 29.7 Å². The van der Waals surface area contributed by atoms with E-state index in [9.17, 15) is 74.2 Å². The topological polar surface area (TPSA) is 480 Å². The number of benzene rings is 2. The summed E-state index contributed by atoms with van der Waals surface area (Å²) in [5.74, 6) is -10.6. The lowest BCUT2D eigenvalue weighted by Crippen LogP contribution is -2.50. The van der Waals surface area contributed by atoms with Gasteiger partial charge in [0.2, 0.25) is 0 Å². The summed E-state index contributed by atoms with van der Waals surface area (Å²) in [6, 6.07) is 0. The van der Waals surface area contributed by atoms with Crippen LogP contribution in [0.4, 0.5) is 11.5 Å². The van der Waals surface area contributed by atoms with Gasteiger partial charge in [0, 0.05) is 87.3 Å². The average molecular weight is 1360 g/mol. The van der Waals surface area contributed by atoms with Crippen molar-refractivity contribution >= 4 is 73.0 Å². The smallest absolute Gasteiger partial charge is 0.481 e. The number of ketones is 1. The normalized spacial score (nSPS) is 33.7. The number of nitrogen functional groups attached to an aromatic ring is 1. The quantitative estimate of drug-likeness (QED) is 0.0266. The molecule has 6 aliphatic heterocycles. The van der Waals surface area contributed by atoms with Crippen molar-refractivity contribution in [3.63, 3.8) is 0 Å². The number of phenolic OH excluding ortho intramolecular Hbond substituents is 3. The van der Waals surface area contributed by atoms with Crippen LogP contribution < -0.4 is 15.8 Å². The summed E-state index contributed by atoms with van der Waals surface area (Å²) in [5.41, 5.74) is 5.22. The highest BCUT2D eigenvalue weighted by Gasteiger charge is 2.53. The fourth-order valence-electron chi connectivity index (χ4n) is 11.9. The van der Waals surface area contributed by atoms with Crippen molar-refractivity contribution in [2.45, 2.75) is 135 Å². The number of phosphoric acid groups is 2. The molecule has 0 saturated carbocycles. The second-order valence-corrected chi connectivity index (χ2v) is 27.0. The number of phenols is 3. The number of aliphatic hydroxyl groups is 5. The maximum atomic E-state index is 14.8. The molecule has 8 heterocycles. The summed E-state index contributed by atoms with van der Waals surface area (Å²) < 4.78 is 83.9. The number of hydrazone groups is 1. The zero-order valence-corrected chi connectivity index (χ0v) is 54.6. The lowest BCUT2D eigenvalue weighted by atomic mass is 9.78. The largest absolute Gasteiger partial charge is 0.507 e. The van der Waals surface area contributed by atoms with Crippen molar-refractivity contribution in [3.05, 3.63) is 65.5 Å². The van der Waals surface area contributed by atoms with E-state index in [1.807, 2.05) is 7.05 Å². The van der Waals surface area contributed by atoms with Crippen LogP contribution in [0.1, 0.15) is 76.2 Å². The van der Waals surface area contributed by atoms with E-state index in [-0.39, 0.29) is 56.1 Å². The average Bonchev–Trinajstić information content (AvgIpc) is 1.41. The maximum absolute atomic E-state index is 14.8. The number of imidazole rings is 1. The van der Waals surface area contributed by atoms with Gasteiger partial charge >= 0.3 is 27.4 Å². The van der Waals surface area contributed by atoms with E-state index in [2.05, 4.69) is 34.6 Å². The molecule has 2 aromatic heterocycles. The zero-order valence-electron chi connectivity index (χ0n) is 52.8. The van der Waals surface area contributed by atoms with Crippen LogP contribution in [-0.4, -0.2) is 231 Å². The molecule has 516 valence electrons. The van der Waals surface area contributed by atoms with Crippen molar-refractivity contribution in [3.8, 4) is 23.0 Å². The van der Waals surface area contributed by atoms with Crippen LogP contribution in [0.2, 0.25) is 0 Å². The molecule has 6 aliphatic rings. The summed E-state index contributed by atoms with van der Waals surface area (Å²) in [4.78, 5) is 77.2. The number of ether oxygens (including phenoxy) is 7. The number of nitrogens with zero attached hydrogens (tertiary/aromatic N) is 7. The van der Waals surface area contributed by atoms with E-state index in [1.54, 1.807) is 38.8 Å². The van der Waals surface area contributed by atoms with E-state index in [4.69, 9.17) is 47.9 Å². The van der Waals surface area contributed by atoms with Crippen molar-refractivity contribution in [1.82, 2.24) is 29.4 Å². The molecule has 4 aromatic rings. The molecular formula is C58H79N9O25P2. The van der Waals surface area contributed by atoms with Crippen LogP contribution in [0.3, 0.4) is 0 Å². The molecule has 3 saturated heterocycles. The van der Waals surface area contributed by atoms with Gasteiger partial charge in [0.05, 0.1) is 72.5 Å². The predicted octanol–water partition coefficient (Wildman–Crippen LogP) is 2.10. The van der Waals surface area contributed by atoms with Crippen LogP contribution in [0, 0.1) is 30.6 Å². The SMILES string of the molecule is CO[C@H]1C=CO[C@@]2(C)Oc3c(C)c(O)c4c(O)c(c(/C=N/N5CCN(C)CC5)c(O)c4c3C2=O)NC(=O)/C(C)=C\C=C/[C@H](C)[C@H](O)[C@@H](C)[C@@H](O[C@H]2O[C@H](COP(=O)(O)OP(=O)(O)OC[C@H]3O[C@@H](n4cnc5c(N)ncnc54)[C@H](O)[C@@H]3O)[C@@H](O)[C@H]2O)[C@@H](C)[C@H](OC(C)=O)[C@@H]1C. The predicted molar refractivity (Wildman–Crippen MR) is 328 cm³/mol. The number of piperazine rings is 1. The Balaban J connectivity index is 0.964. The highest BCUT2D eigenvalue weighted by Crippen LogP contribution is 2.61. The number of nitrogens with one attached hydrogen (secondary N) is 1. The molecule has 36 heteroatoms. The molecule has 10 rings (SSSR count). The van der Waals surface area contributed by atoms with Crippen molar-refractivity contribution in [2.75, 3.05) is 64.6 Å². The third-order valence-corrected chi connectivity index (χ3v) is 20.0. The molecule has 19 atom stereocenters. The number of amides is 1. The summed E-state index contributed by atoms with van der Waals surface area (Å²) in [6.45, 7) is 11.8. The van der Waals surface area contributed by atoms with Gasteiger partial charge in [-0.2, -0.15) is 9.41 Å². The minimum absolute atomic E-state index is 0.00457. The molecule has 2 unspecified atom stereocenters. The number of methoxy groups -OCH3 is 1. The third-order valence-electron chi connectivity index (χ3n) is 17.4. The Labute approximate surface area is 537 Å². The number of hydrogen-bond acceptors (Lipinski definition) is 30. The molecular weight excluding hydrogens is 1280 g/mol. The Morgan fingerprint density at radius 1 is 0.840 bits per heavy atom. The van der Waals surface area contributed by atoms with Gasteiger partial charge in [-0.25, -0.2) is 24.1 Å². The highest BCUT2D eigenvalue weighted by molar-refractivity contribution is 7.61. The Hall–Kier alpha value is -6.79. The Bertz CT molecular complexity index is 3730. The fourth-order valence-corrected chi connectivity index (χ4v) is 14.0. The molecule has 0 aliphatic carbocycles. The summed E-state index contributed by atoms with van der Waals surface area (Å²) in [5, 5.41) is 101. The minimum Gasteiger partial charge on any atom is -0.507 e. The first kappa shape index (κ1) is 71.5. The number of carbonyl (C=O) groups is 3. The number of aromatic hydroxyl groups is 3. The number of fused-ring (bicyclic) bond motifs is 15. The van der Waals surface area contributed by atoms with Crippen molar-refractivity contribution in [1.29, 1.82) is 0 Å². The number of aromatic nitrogens is 4. The summed E-state index contributed by atoms with van der Waals surface area (Å²) in [7, 11) is -7.99. The number of phosphoric ester groups is 2. The van der Waals surface area contributed by atoms with Crippen LogP contribution in [0.25, 0.3) is 21.9 Å². The van der Waals surface area contributed by atoms with Gasteiger partial charge in [-0.3, -0.25) is 33.0 Å². The van der Waals surface area contributed by atoms with E-state index in [0.717, 1.165) is 19.5 Å². The standard InChI is InChI=1S/C58H79N9O25P2/c1-25-12-11-13-26(2)55(78)64-39-32(20-63-66-17-15-65(9)16-18-66)43(71)36-37(46(39)74)42(70)29(5)51-38(36)52(77)58(8,91-51)84-19-14-33(83-10)27(3)49(87-31(7)68)30(6)50(28(4)41(25)69)90-57-48(76)45(73)35(89-57)22-86-94(81,82)92-93(79,80)85-21-34-44(72)47(75)56(88-34)67-24-62-40-53(59)60-23-61-54(40)67/h11-14,19-20,23-25,27-28,30,33-35,41,44-45,47-50,56-57,69-76H,15-18,21-22H2,1-10H3,(H,64,78)(H,79,80)(H,81,82)(H2,59,60,61)/b12-11-,19-14?,26-13-,63-20+/t25-,27+,28+,30-,33-,34+,35+,41-,44+,45+,47+,48+,49+,50+,56+,57+,58-/m0/s1. The fraction of sp³-hybridized carbons (Fsp3) is 0.569. The number of aliphatic hydroxyl groups excluding tert-OH is 5. The molecule has 5 bridgehead atoms. The Morgan fingerprint density at radius 2 is 1.49 bits per heavy atom. The van der Waals surface area contributed by atoms with Gasteiger partial charge in [-0.05, 0) is 27.0 Å². The van der Waals surface area contributed by atoms with Crippen LogP contribution in [0.15, 0.2) is 53.9 Å². The maximum Gasteiger partial charge on any atom is 0.481 e. The van der Waals surface area contributed by atoms with Crippen LogP contribution in [0.5, 0.6) is 23.0 Å². The van der Waals surface area contributed by atoms with Gasteiger partial charge < -0.3 is 99.7 Å². The molecule has 94 heavy (non-hydrogen) atoms. The van der Waals surface area contributed by atoms with E-state index in [1.165, 1.54) is 63.2 Å². The van der Waals surface area contributed by atoms with Crippen molar-refractivity contribution in [2.24, 2.45) is 28.8 Å². The number of rotatable bonds is 15.